The second-order valence-corrected chi connectivity index (χ2v) is 20.2. The van der Waals surface area contributed by atoms with Gasteiger partial charge in [-0.1, -0.05) is 130 Å². The second-order valence-electron chi connectivity index (χ2n) is 20.2. The highest BCUT2D eigenvalue weighted by Gasteiger charge is 2.59. The number of rotatable bonds is 25. The molecule has 5 rings (SSSR count). The van der Waals surface area contributed by atoms with Crippen LogP contribution >= 0.6 is 0 Å². The summed E-state index contributed by atoms with van der Waals surface area (Å²) in [5.74, 6) is 5.92. The number of aliphatic imine (C=N–C) groups is 1. The Morgan fingerprint density at radius 3 is 2.33 bits per heavy atom. The number of allylic oxidation sites excluding steroid dienone is 1. The first kappa shape index (κ1) is 45.8. The summed E-state index contributed by atoms with van der Waals surface area (Å²) in [6, 6.07) is 5.47. The molecule has 322 valence electrons. The van der Waals surface area contributed by atoms with Gasteiger partial charge < -0.3 is 14.6 Å². The number of hydrogen-bond donors (Lipinski definition) is 1. The number of nitrogens with zero attached hydrogens (tertiary/aromatic N) is 1. The third-order valence-electron chi connectivity index (χ3n) is 15.7. The van der Waals surface area contributed by atoms with Gasteiger partial charge in [0, 0.05) is 37.2 Å². The number of unbranched alkanes of at least 4 members (excludes halogenated alkanes) is 11. The summed E-state index contributed by atoms with van der Waals surface area (Å²) in [4.78, 5) is 17.5. The van der Waals surface area contributed by atoms with Crippen molar-refractivity contribution in [1.29, 1.82) is 0 Å². The number of hydrogen-bond acceptors (Lipinski definition) is 5. The van der Waals surface area contributed by atoms with Crippen molar-refractivity contribution in [2.75, 3.05) is 13.2 Å². The number of phenols is 1. The largest absolute Gasteiger partial charge is 0.507 e. The molecule has 5 nitrogen and oxygen atoms in total. The number of esters is 1. The summed E-state index contributed by atoms with van der Waals surface area (Å²) in [7, 11) is 0. The van der Waals surface area contributed by atoms with Crippen molar-refractivity contribution in [2.45, 2.75) is 208 Å². The highest BCUT2D eigenvalue weighted by molar-refractivity contribution is 5.83. The van der Waals surface area contributed by atoms with Crippen LogP contribution in [0, 0.1) is 46.3 Å². The van der Waals surface area contributed by atoms with Gasteiger partial charge in [-0.15, -0.1) is 0 Å². The average molecular weight is 788 g/mol. The number of benzene rings is 1. The lowest BCUT2D eigenvalue weighted by Gasteiger charge is -2.58. The Bertz CT molecular complexity index is 1420. The lowest BCUT2D eigenvalue weighted by molar-refractivity contribution is -0.151. The SMILES string of the molecule is CCCCCCCCCCCCN=Cc1ccc(OCCCCCC(=O)O[C@H]2CC[C@@]3(C)C(=CC[C@H]4[C@@H]5CC[C@H]([C@H](C)CCCC(C)C)[C@@]5(C)CC[C@@H]43)C2)cc1O. The quantitative estimate of drug-likeness (QED) is 0.0464. The molecule has 3 saturated carbocycles. The Balaban J connectivity index is 0.942. The lowest BCUT2D eigenvalue weighted by atomic mass is 9.47. The summed E-state index contributed by atoms with van der Waals surface area (Å²) < 4.78 is 12.0. The third-order valence-corrected chi connectivity index (χ3v) is 15.7. The van der Waals surface area contributed by atoms with Gasteiger partial charge in [-0.2, -0.15) is 0 Å². The van der Waals surface area contributed by atoms with Crippen molar-refractivity contribution in [3.8, 4) is 11.5 Å². The minimum atomic E-state index is -0.0397. The zero-order chi connectivity index (χ0) is 40.7. The molecule has 4 aliphatic rings. The minimum Gasteiger partial charge on any atom is -0.507 e. The number of aromatic hydroxyl groups is 1. The van der Waals surface area contributed by atoms with Gasteiger partial charge in [0.1, 0.15) is 17.6 Å². The van der Waals surface area contributed by atoms with Crippen molar-refractivity contribution in [2.24, 2.45) is 51.3 Å². The van der Waals surface area contributed by atoms with Crippen LogP contribution in [-0.4, -0.2) is 36.5 Å². The van der Waals surface area contributed by atoms with Crippen LogP contribution in [0.15, 0.2) is 34.8 Å². The third kappa shape index (κ3) is 12.8. The maximum absolute atomic E-state index is 12.9. The number of fused-ring (bicyclic) bond motifs is 5. The van der Waals surface area contributed by atoms with E-state index in [0.29, 0.717) is 24.2 Å². The molecule has 1 N–H and O–H groups in total. The molecule has 1 aromatic rings. The van der Waals surface area contributed by atoms with Gasteiger partial charge in [-0.3, -0.25) is 9.79 Å². The molecule has 8 atom stereocenters. The molecule has 0 saturated heterocycles. The van der Waals surface area contributed by atoms with Crippen LogP contribution in [0.25, 0.3) is 0 Å². The van der Waals surface area contributed by atoms with E-state index in [2.05, 4.69) is 52.6 Å². The number of phenolic OH excluding ortho intramolecular Hbond substituents is 1. The first-order valence-corrected chi connectivity index (χ1v) is 24.4. The summed E-state index contributed by atoms with van der Waals surface area (Å²) >= 11 is 0. The predicted molar refractivity (Wildman–Crippen MR) is 239 cm³/mol. The van der Waals surface area contributed by atoms with Crippen LogP contribution in [0.4, 0.5) is 0 Å². The summed E-state index contributed by atoms with van der Waals surface area (Å²) in [6.45, 7) is 16.2. The first-order valence-electron chi connectivity index (χ1n) is 24.4. The normalized spacial score (nSPS) is 28.8. The van der Waals surface area contributed by atoms with Crippen LogP contribution in [0.3, 0.4) is 0 Å². The monoisotopic (exact) mass is 788 g/mol. The zero-order valence-electron chi connectivity index (χ0n) is 37.6. The first-order chi connectivity index (χ1) is 27.5. The van der Waals surface area contributed by atoms with E-state index in [-0.39, 0.29) is 23.2 Å². The zero-order valence-corrected chi connectivity index (χ0v) is 37.6. The molecule has 0 unspecified atom stereocenters. The minimum absolute atomic E-state index is 0.0357. The molecule has 1 aromatic carbocycles. The maximum atomic E-state index is 12.9. The van der Waals surface area contributed by atoms with Gasteiger partial charge in [-0.25, -0.2) is 0 Å². The maximum Gasteiger partial charge on any atom is 0.306 e. The molecule has 0 aromatic heterocycles. The number of carbonyl (C=O) groups is 1. The molecule has 0 amide bonds. The van der Waals surface area contributed by atoms with E-state index in [4.69, 9.17) is 9.47 Å². The van der Waals surface area contributed by atoms with Crippen molar-refractivity contribution in [3.05, 3.63) is 35.4 Å². The van der Waals surface area contributed by atoms with Gasteiger partial charge in [0.2, 0.25) is 0 Å². The van der Waals surface area contributed by atoms with E-state index in [0.717, 1.165) is 92.6 Å². The smallest absolute Gasteiger partial charge is 0.306 e. The standard InChI is InChI=1S/C52H85NO4/c1-7-8-9-10-11-12-13-14-15-18-34-53-38-41-24-26-43(37-49(41)54)56-35-19-16-17-23-50(55)57-44-30-32-51(5)42(36-44)25-27-45-47-29-28-46(40(4)22-20-21-39(2)3)52(47,6)33-31-48(45)51/h24-26,37-40,44-48,54H,7-23,27-36H2,1-6H3/t40-,44+,45+,46-,47+,48+,51+,52-/m1/s1. The average Bonchev–Trinajstić information content (AvgIpc) is 3.54. The van der Waals surface area contributed by atoms with Crippen molar-refractivity contribution < 1.29 is 19.4 Å². The van der Waals surface area contributed by atoms with E-state index < -0.39 is 0 Å². The second kappa shape index (κ2) is 22.9. The Morgan fingerprint density at radius 2 is 1.60 bits per heavy atom. The summed E-state index contributed by atoms with van der Waals surface area (Å²) in [6.07, 6.45) is 34.9. The van der Waals surface area contributed by atoms with Gasteiger partial charge in [0.15, 0.2) is 0 Å². The van der Waals surface area contributed by atoms with Crippen LogP contribution in [0.2, 0.25) is 0 Å². The number of ether oxygens (including phenoxy) is 2. The molecule has 5 heteroatoms. The molecule has 0 heterocycles. The lowest BCUT2D eigenvalue weighted by Crippen LogP contribution is -2.51. The highest BCUT2D eigenvalue weighted by Crippen LogP contribution is 2.67. The van der Waals surface area contributed by atoms with Crippen LogP contribution in [0.1, 0.15) is 208 Å². The van der Waals surface area contributed by atoms with Crippen molar-refractivity contribution >= 4 is 12.2 Å². The van der Waals surface area contributed by atoms with Crippen LogP contribution < -0.4 is 4.74 Å². The molecule has 3 fully saturated rings. The molecule has 0 bridgehead atoms. The molecule has 0 radical (unpaired) electrons. The Labute approximate surface area is 350 Å². The molecular formula is C52H85NO4. The van der Waals surface area contributed by atoms with Crippen molar-refractivity contribution in [3.63, 3.8) is 0 Å². The Morgan fingerprint density at radius 1 is 0.860 bits per heavy atom. The van der Waals surface area contributed by atoms with Gasteiger partial charge in [-0.05, 0) is 129 Å². The fourth-order valence-electron chi connectivity index (χ4n) is 12.3. The predicted octanol–water partition coefficient (Wildman–Crippen LogP) is 14.6. The van der Waals surface area contributed by atoms with Crippen LogP contribution in [-0.2, 0) is 9.53 Å². The fraction of sp³-hybridized carbons (Fsp3) is 0.808. The van der Waals surface area contributed by atoms with E-state index in [1.165, 1.54) is 109 Å². The Hall–Kier alpha value is -2.30. The topological polar surface area (TPSA) is 68.1 Å². The van der Waals surface area contributed by atoms with Gasteiger partial charge in [0.25, 0.3) is 0 Å². The van der Waals surface area contributed by atoms with Gasteiger partial charge in [0.05, 0.1) is 6.61 Å². The van der Waals surface area contributed by atoms with E-state index in [1.54, 1.807) is 17.9 Å². The number of carbonyl (C=O) groups excluding carboxylic acids is 1. The molecule has 0 spiro atoms. The molecule has 4 aliphatic carbocycles. The Kier molecular flexibility index (Phi) is 18.4. The van der Waals surface area contributed by atoms with E-state index in [1.807, 2.05) is 12.1 Å². The fourth-order valence-corrected chi connectivity index (χ4v) is 12.3. The van der Waals surface area contributed by atoms with E-state index in [9.17, 15) is 9.90 Å². The van der Waals surface area contributed by atoms with Crippen molar-refractivity contribution in [1.82, 2.24) is 0 Å². The molecule has 0 aliphatic heterocycles. The summed E-state index contributed by atoms with van der Waals surface area (Å²) in [5, 5.41) is 10.5. The van der Waals surface area contributed by atoms with E-state index >= 15 is 0 Å². The van der Waals surface area contributed by atoms with Gasteiger partial charge >= 0.3 is 5.97 Å². The summed E-state index contributed by atoms with van der Waals surface area (Å²) in [5.41, 5.74) is 3.14. The van der Waals surface area contributed by atoms with Crippen LogP contribution in [0.5, 0.6) is 11.5 Å². The highest BCUT2D eigenvalue weighted by atomic mass is 16.5. The molecular weight excluding hydrogens is 703 g/mol. The molecule has 57 heavy (non-hydrogen) atoms.